The Morgan fingerprint density at radius 2 is 1.70 bits per heavy atom. The van der Waals surface area contributed by atoms with Crippen molar-refractivity contribution in [1.29, 1.82) is 0 Å². The summed E-state index contributed by atoms with van der Waals surface area (Å²) in [5.41, 5.74) is 3.39. The van der Waals surface area contributed by atoms with Gasteiger partial charge in [0.1, 0.15) is 24.7 Å². The molecule has 0 bridgehead atoms. The zero-order chi connectivity index (χ0) is 25.8. The van der Waals surface area contributed by atoms with Crippen LogP contribution in [0, 0.1) is 0 Å². The monoisotopic (exact) mass is 497 g/mol. The molecule has 0 fully saturated rings. The molecule has 188 valence electrons. The molecule has 1 aliphatic heterocycles. The number of nitrogens with zero attached hydrogens (tertiary/aromatic N) is 3. The lowest BCUT2D eigenvalue weighted by molar-refractivity contribution is -0.113. The summed E-state index contributed by atoms with van der Waals surface area (Å²) in [4.78, 5) is 18.1. The average molecular weight is 498 g/mol. The van der Waals surface area contributed by atoms with Gasteiger partial charge >= 0.3 is 0 Å². The molecule has 2 heterocycles. The first-order valence-electron chi connectivity index (χ1n) is 11.8. The number of anilines is 2. The van der Waals surface area contributed by atoms with Crippen LogP contribution in [-0.2, 0) is 11.4 Å². The van der Waals surface area contributed by atoms with Gasteiger partial charge in [-0.2, -0.15) is 10.1 Å². The Bertz CT molecular complexity index is 1450. The lowest BCUT2D eigenvalue weighted by Crippen LogP contribution is -2.32. The summed E-state index contributed by atoms with van der Waals surface area (Å²) in [7, 11) is 3.16. The molecule has 0 unspecified atom stereocenters. The van der Waals surface area contributed by atoms with Crippen molar-refractivity contribution in [2.75, 3.05) is 24.9 Å². The van der Waals surface area contributed by atoms with Gasteiger partial charge in [0.05, 0.1) is 25.5 Å². The fourth-order valence-electron chi connectivity index (χ4n) is 4.40. The van der Waals surface area contributed by atoms with Crippen LogP contribution in [0.2, 0.25) is 0 Å². The van der Waals surface area contributed by atoms with Crippen LogP contribution in [0.1, 0.15) is 24.1 Å². The number of amides is 1. The largest absolute Gasteiger partial charge is 0.495 e. The Balaban J connectivity index is 1.58. The predicted molar refractivity (Wildman–Crippen MR) is 140 cm³/mol. The SMILES string of the molecule is COc1ccccc1NC(=O)C1=C(C)Nc2ncnn2[C@@H]1c1cccc(OC)c1OCc1ccccc1. The van der Waals surface area contributed by atoms with E-state index < -0.39 is 6.04 Å². The number of aromatic nitrogens is 3. The number of rotatable bonds is 8. The lowest BCUT2D eigenvalue weighted by atomic mass is 9.93. The summed E-state index contributed by atoms with van der Waals surface area (Å²) in [6.07, 6.45) is 1.45. The van der Waals surface area contributed by atoms with E-state index in [4.69, 9.17) is 14.2 Å². The van der Waals surface area contributed by atoms with Crippen LogP contribution < -0.4 is 24.8 Å². The molecule has 1 aliphatic rings. The van der Waals surface area contributed by atoms with E-state index in [2.05, 4.69) is 20.7 Å². The number of carbonyl (C=O) groups excluding carboxylic acids is 1. The molecular formula is C28H27N5O4. The number of ether oxygens (including phenoxy) is 3. The van der Waals surface area contributed by atoms with E-state index in [0.717, 1.165) is 5.56 Å². The molecule has 5 rings (SSSR count). The second-order valence-electron chi connectivity index (χ2n) is 8.40. The molecule has 1 aromatic heterocycles. The minimum atomic E-state index is -0.630. The first kappa shape index (κ1) is 23.9. The van der Waals surface area contributed by atoms with Crippen LogP contribution >= 0.6 is 0 Å². The van der Waals surface area contributed by atoms with Crippen LogP contribution in [0.4, 0.5) is 11.6 Å². The van der Waals surface area contributed by atoms with Crippen molar-refractivity contribution in [2.24, 2.45) is 0 Å². The van der Waals surface area contributed by atoms with Crippen LogP contribution in [0.15, 0.2) is 90.4 Å². The summed E-state index contributed by atoms with van der Waals surface area (Å²) >= 11 is 0. The molecule has 2 N–H and O–H groups in total. The Morgan fingerprint density at radius 3 is 2.49 bits per heavy atom. The zero-order valence-corrected chi connectivity index (χ0v) is 20.8. The highest BCUT2D eigenvalue weighted by molar-refractivity contribution is 6.06. The second kappa shape index (κ2) is 10.4. The lowest BCUT2D eigenvalue weighted by Gasteiger charge is -2.30. The molecule has 0 spiro atoms. The molecule has 0 saturated carbocycles. The van der Waals surface area contributed by atoms with Crippen molar-refractivity contribution in [2.45, 2.75) is 19.6 Å². The van der Waals surface area contributed by atoms with Crippen LogP contribution in [0.3, 0.4) is 0 Å². The van der Waals surface area contributed by atoms with Crippen molar-refractivity contribution < 1.29 is 19.0 Å². The van der Waals surface area contributed by atoms with E-state index >= 15 is 0 Å². The third-order valence-corrected chi connectivity index (χ3v) is 6.14. The van der Waals surface area contributed by atoms with Crippen LogP contribution in [0.25, 0.3) is 0 Å². The van der Waals surface area contributed by atoms with E-state index in [1.807, 2.05) is 67.6 Å². The molecule has 3 aromatic carbocycles. The standard InChI is InChI=1S/C28H27N5O4/c1-18-24(27(34)32-21-13-7-8-14-22(21)35-2)25(33-28(31-18)29-17-30-33)20-12-9-15-23(36-3)26(20)37-16-19-10-5-4-6-11-19/h4-15,17,25H,16H2,1-3H3,(H,32,34)(H,29,30,31)/t25-/m1/s1. The fraction of sp³-hybridized carbons (Fsp3) is 0.179. The van der Waals surface area contributed by atoms with E-state index in [0.29, 0.717) is 52.3 Å². The summed E-state index contributed by atoms with van der Waals surface area (Å²) < 4.78 is 19.1. The number of fused-ring (bicyclic) bond motifs is 1. The van der Waals surface area contributed by atoms with Gasteiger partial charge < -0.3 is 24.8 Å². The Morgan fingerprint density at radius 1 is 0.973 bits per heavy atom. The van der Waals surface area contributed by atoms with E-state index in [1.165, 1.54) is 6.33 Å². The second-order valence-corrected chi connectivity index (χ2v) is 8.40. The molecule has 1 amide bonds. The van der Waals surface area contributed by atoms with Gasteiger partial charge in [0.2, 0.25) is 5.95 Å². The minimum absolute atomic E-state index is 0.308. The molecule has 1 atom stereocenters. The van der Waals surface area contributed by atoms with Gasteiger partial charge in [0.25, 0.3) is 5.91 Å². The molecule has 4 aromatic rings. The molecule has 0 radical (unpaired) electrons. The number of methoxy groups -OCH3 is 2. The summed E-state index contributed by atoms with van der Waals surface area (Å²) in [5, 5.41) is 10.6. The van der Waals surface area contributed by atoms with Gasteiger partial charge in [-0.25, -0.2) is 4.68 Å². The minimum Gasteiger partial charge on any atom is -0.495 e. The summed E-state index contributed by atoms with van der Waals surface area (Å²) in [5.74, 6) is 1.85. The molecular weight excluding hydrogens is 470 g/mol. The van der Waals surface area contributed by atoms with E-state index in [9.17, 15) is 4.79 Å². The summed E-state index contributed by atoms with van der Waals surface area (Å²) in [6, 6.07) is 22.1. The number of para-hydroxylation sites is 3. The van der Waals surface area contributed by atoms with Gasteiger partial charge in [-0.1, -0.05) is 54.6 Å². The van der Waals surface area contributed by atoms with Crippen LogP contribution in [0.5, 0.6) is 17.2 Å². The van der Waals surface area contributed by atoms with Gasteiger partial charge in [-0.3, -0.25) is 4.79 Å². The number of carbonyl (C=O) groups is 1. The Hall–Kier alpha value is -4.79. The van der Waals surface area contributed by atoms with Crippen molar-refractivity contribution in [3.8, 4) is 17.2 Å². The van der Waals surface area contributed by atoms with Crippen molar-refractivity contribution in [3.63, 3.8) is 0 Å². The number of benzene rings is 3. The summed E-state index contributed by atoms with van der Waals surface area (Å²) in [6.45, 7) is 2.17. The highest BCUT2D eigenvalue weighted by Crippen LogP contribution is 2.43. The first-order chi connectivity index (χ1) is 18.1. The predicted octanol–water partition coefficient (Wildman–Crippen LogP) is 4.80. The normalized spacial score (nSPS) is 14.4. The van der Waals surface area contributed by atoms with Crippen molar-refractivity contribution >= 4 is 17.5 Å². The van der Waals surface area contributed by atoms with Crippen LogP contribution in [-0.4, -0.2) is 34.9 Å². The van der Waals surface area contributed by atoms with Crippen molar-refractivity contribution in [1.82, 2.24) is 14.8 Å². The van der Waals surface area contributed by atoms with Crippen molar-refractivity contribution in [3.05, 3.63) is 102 Å². The number of allylic oxidation sites excluding steroid dienone is 1. The Kier molecular flexibility index (Phi) is 6.76. The van der Waals surface area contributed by atoms with Gasteiger partial charge in [-0.15, -0.1) is 0 Å². The smallest absolute Gasteiger partial charge is 0.255 e. The zero-order valence-electron chi connectivity index (χ0n) is 20.8. The molecule has 0 saturated heterocycles. The third-order valence-electron chi connectivity index (χ3n) is 6.14. The maximum absolute atomic E-state index is 13.8. The number of hydrogen-bond acceptors (Lipinski definition) is 7. The third kappa shape index (κ3) is 4.71. The highest BCUT2D eigenvalue weighted by atomic mass is 16.5. The van der Waals surface area contributed by atoms with Gasteiger partial charge in [-0.05, 0) is 30.7 Å². The Labute approximate surface area is 214 Å². The first-order valence-corrected chi connectivity index (χ1v) is 11.8. The number of hydrogen-bond donors (Lipinski definition) is 2. The van der Waals surface area contributed by atoms with E-state index in [-0.39, 0.29) is 5.91 Å². The number of nitrogens with one attached hydrogen (secondary N) is 2. The van der Waals surface area contributed by atoms with Gasteiger partial charge in [0.15, 0.2) is 11.5 Å². The quantitative estimate of drug-likeness (QED) is 0.361. The molecule has 9 heteroatoms. The van der Waals surface area contributed by atoms with E-state index in [1.54, 1.807) is 31.0 Å². The topological polar surface area (TPSA) is 99.5 Å². The fourth-order valence-corrected chi connectivity index (χ4v) is 4.40. The molecule has 0 aliphatic carbocycles. The molecule has 9 nitrogen and oxygen atoms in total. The maximum Gasteiger partial charge on any atom is 0.255 e. The average Bonchev–Trinajstić information content (AvgIpc) is 3.39. The highest BCUT2D eigenvalue weighted by Gasteiger charge is 2.36. The maximum atomic E-state index is 13.8. The van der Waals surface area contributed by atoms with Gasteiger partial charge in [0, 0.05) is 11.3 Å². The molecule has 37 heavy (non-hydrogen) atoms.